The molecule has 4 heterocycles. The summed E-state index contributed by atoms with van der Waals surface area (Å²) in [6.45, 7) is 3.66. The van der Waals surface area contributed by atoms with E-state index in [2.05, 4.69) is 53.3 Å². The molecule has 0 bridgehead atoms. The lowest BCUT2D eigenvalue weighted by Gasteiger charge is -2.45. The smallest absolute Gasteiger partial charge is 0.273 e. The zero-order chi connectivity index (χ0) is 30.1. The number of hydrogen-bond acceptors (Lipinski definition) is 10. The van der Waals surface area contributed by atoms with Crippen molar-refractivity contribution in [2.75, 3.05) is 31.3 Å². The summed E-state index contributed by atoms with van der Waals surface area (Å²) in [5.41, 5.74) is 3.28. The zero-order valence-electron chi connectivity index (χ0n) is 23.9. The van der Waals surface area contributed by atoms with Crippen LogP contribution in [0.25, 0.3) is 11.3 Å². The second kappa shape index (κ2) is 11.9. The quantitative estimate of drug-likeness (QED) is 0.229. The molecule has 2 amide bonds. The molecule has 0 unspecified atom stereocenters. The molecule has 4 aromatic rings. The average molecular weight is 603 g/mol. The van der Waals surface area contributed by atoms with Crippen LogP contribution in [0.3, 0.4) is 0 Å². The molecule has 1 saturated heterocycles. The second-order valence-corrected chi connectivity index (χ2v) is 11.0. The van der Waals surface area contributed by atoms with E-state index in [1.165, 1.54) is 7.05 Å². The number of carbonyl (C=O) groups excluding carboxylic acids is 2. The first kappa shape index (κ1) is 28.5. The van der Waals surface area contributed by atoms with Crippen LogP contribution in [-0.2, 0) is 11.3 Å². The highest BCUT2D eigenvalue weighted by atomic mass is 35.5. The van der Waals surface area contributed by atoms with Crippen LogP contribution in [-0.4, -0.2) is 73.6 Å². The van der Waals surface area contributed by atoms with Gasteiger partial charge in [0.1, 0.15) is 10.8 Å². The van der Waals surface area contributed by atoms with Gasteiger partial charge in [-0.15, -0.1) is 15.3 Å². The topological polar surface area (TPSA) is 152 Å². The van der Waals surface area contributed by atoms with E-state index < -0.39 is 5.91 Å². The van der Waals surface area contributed by atoms with Crippen molar-refractivity contribution in [3.8, 4) is 17.0 Å². The second-order valence-electron chi connectivity index (χ2n) is 10.6. The first-order valence-corrected chi connectivity index (χ1v) is 14.3. The van der Waals surface area contributed by atoms with Crippen molar-refractivity contribution in [2.24, 2.45) is 5.92 Å². The minimum absolute atomic E-state index is 0.00650. The van der Waals surface area contributed by atoms with E-state index in [1.54, 1.807) is 19.2 Å². The van der Waals surface area contributed by atoms with Crippen molar-refractivity contribution >= 4 is 40.6 Å². The first-order chi connectivity index (χ1) is 20.8. The summed E-state index contributed by atoms with van der Waals surface area (Å²) < 4.78 is 7.70. The molecule has 14 heteroatoms. The van der Waals surface area contributed by atoms with Crippen molar-refractivity contribution < 1.29 is 14.3 Å². The third-order valence-corrected chi connectivity index (χ3v) is 7.95. The lowest BCUT2D eigenvalue weighted by atomic mass is 9.98. The van der Waals surface area contributed by atoms with Gasteiger partial charge in [0.15, 0.2) is 17.3 Å². The monoisotopic (exact) mass is 602 g/mol. The van der Waals surface area contributed by atoms with Crippen LogP contribution in [0, 0.1) is 5.92 Å². The van der Waals surface area contributed by atoms with E-state index in [1.807, 2.05) is 41.2 Å². The Morgan fingerprint density at radius 3 is 2.63 bits per heavy atom. The van der Waals surface area contributed by atoms with Crippen LogP contribution < -0.4 is 20.7 Å². The Bertz CT molecular complexity index is 1670. The Kier molecular flexibility index (Phi) is 7.91. The predicted octanol–water partition coefficient (Wildman–Crippen LogP) is 3.69. The number of halogens is 1. The van der Waals surface area contributed by atoms with E-state index >= 15 is 0 Å². The fraction of sp³-hybridized carbons (Fsp3) is 0.345. The Hall–Kier alpha value is -4.62. The highest BCUT2D eigenvalue weighted by Gasteiger charge is 2.38. The van der Waals surface area contributed by atoms with Crippen LogP contribution in [0.4, 0.5) is 17.2 Å². The number of carbonyl (C=O) groups is 2. The number of anilines is 3. The van der Waals surface area contributed by atoms with Crippen LogP contribution in [0.1, 0.15) is 42.0 Å². The molecular formula is C29H31ClN10O3. The van der Waals surface area contributed by atoms with Crippen molar-refractivity contribution in [2.45, 2.75) is 38.4 Å². The third kappa shape index (κ3) is 5.99. The van der Waals surface area contributed by atoms with Crippen molar-refractivity contribution in [1.82, 2.24) is 40.4 Å². The summed E-state index contributed by atoms with van der Waals surface area (Å²) in [5, 5.41) is 26.1. The van der Waals surface area contributed by atoms with E-state index in [-0.39, 0.29) is 35.4 Å². The van der Waals surface area contributed by atoms with Gasteiger partial charge in [-0.1, -0.05) is 28.9 Å². The fourth-order valence-corrected chi connectivity index (χ4v) is 5.28. The Morgan fingerprint density at radius 2 is 1.91 bits per heavy atom. The number of amides is 2. The minimum atomic E-state index is -0.428. The summed E-state index contributed by atoms with van der Waals surface area (Å²) in [7, 11) is 3.08. The van der Waals surface area contributed by atoms with Crippen molar-refractivity contribution in [1.29, 1.82) is 0 Å². The molecule has 222 valence electrons. The molecule has 2 aliphatic rings. The maximum Gasteiger partial charge on any atom is 0.273 e. The van der Waals surface area contributed by atoms with Crippen molar-refractivity contribution in [3.63, 3.8) is 0 Å². The SMILES string of the molecule is CNC(=O)c1nnc(NC(=O)C2CC2)cc1Nc1cccc(-c2cn([C@H]3CN(Cc4cccc(Cl)n4)[C@@H]3C)nn2)c1OC. The summed E-state index contributed by atoms with van der Waals surface area (Å²) >= 11 is 6.05. The van der Waals surface area contributed by atoms with Gasteiger partial charge >= 0.3 is 0 Å². The maximum absolute atomic E-state index is 12.6. The summed E-state index contributed by atoms with van der Waals surface area (Å²) in [5.74, 6) is 0.213. The Morgan fingerprint density at radius 1 is 1.09 bits per heavy atom. The average Bonchev–Trinajstić information content (AvgIpc) is 3.76. The van der Waals surface area contributed by atoms with Crippen LogP contribution in [0.2, 0.25) is 5.15 Å². The molecule has 6 rings (SSSR count). The van der Waals surface area contributed by atoms with Crippen LogP contribution in [0.5, 0.6) is 5.75 Å². The van der Waals surface area contributed by atoms with Crippen LogP contribution >= 0.6 is 11.6 Å². The van der Waals surface area contributed by atoms with Gasteiger partial charge in [-0.05, 0) is 44.0 Å². The number of aromatic nitrogens is 6. The largest absolute Gasteiger partial charge is 0.494 e. The van der Waals surface area contributed by atoms with Gasteiger partial charge in [0.25, 0.3) is 5.91 Å². The fourth-order valence-electron chi connectivity index (χ4n) is 5.10. The molecule has 0 radical (unpaired) electrons. The summed E-state index contributed by atoms with van der Waals surface area (Å²) in [6.07, 6.45) is 3.62. The highest BCUT2D eigenvalue weighted by Crippen LogP contribution is 2.39. The number of rotatable bonds is 10. The van der Waals surface area contributed by atoms with Crippen LogP contribution in [0.15, 0.2) is 48.7 Å². The lowest BCUT2D eigenvalue weighted by molar-refractivity contribution is -0.117. The number of nitrogens with zero attached hydrogens (tertiary/aromatic N) is 7. The molecule has 0 spiro atoms. The van der Waals surface area contributed by atoms with Gasteiger partial charge in [0.05, 0.1) is 36.4 Å². The summed E-state index contributed by atoms with van der Waals surface area (Å²) in [4.78, 5) is 31.6. The third-order valence-electron chi connectivity index (χ3n) is 7.74. The molecule has 1 saturated carbocycles. The van der Waals surface area contributed by atoms with Gasteiger partial charge in [-0.25, -0.2) is 9.67 Å². The minimum Gasteiger partial charge on any atom is -0.494 e. The molecule has 1 aliphatic heterocycles. The number of para-hydroxylation sites is 1. The molecule has 2 atom stereocenters. The number of hydrogen-bond donors (Lipinski definition) is 3. The van der Waals surface area contributed by atoms with E-state index in [4.69, 9.17) is 16.3 Å². The first-order valence-electron chi connectivity index (χ1n) is 14.0. The van der Waals surface area contributed by atoms with E-state index in [0.29, 0.717) is 34.5 Å². The standard InChI is InChI=1S/C29H31ClN10O3/c1-16-23(15-39(16)13-18-6-4-9-24(30)32-18)40-14-22(35-38-40)19-7-5-8-20(27(19)43-3)33-21-12-25(34-28(41)17-10-11-17)36-37-26(21)29(42)31-2/h4-9,12,14,16-17,23H,10-11,13,15H2,1-3H3,(H,31,42)(H2,33,34,36,41)/t16-,23+/m1/s1. The molecule has 1 aliphatic carbocycles. The predicted molar refractivity (Wildman–Crippen MR) is 160 cm³/mol. The molecule has 2 fully saturated rings. The highest BCUT2D eigenvalue weighted by molar-refractivity contribution is 6.29. The van der Waals surface area contributed by atoms with Gasteiger partial charge in [0, 0.05) is 43.7 Å². The zero-order valence-corrected chi connectivity index (χ0v) is 24.7. The van der Waals surface area contributed by atoms with Gasteiger partial charge in [-0.2, -0.15) is 0 Å². The van der Waals surface area contributed by atoms with Gasteiger partial charge in [-0.3, -0.25) is 14.5 Å². The number of ether oxygens (including phenoxy) is 1. The molecule has 3 N–H and O–H groups in total. The number of likely N-dealkylation sites (tertiary alicyclic amines) is 1. The van der Waals surface area contributed by atoms with E-state index in [0.717, 1.165) is 30.6 Å². The number of nitrogens with one attached hydrogen (secondary N) is 3. The Labute approximate surface area is 253 Å². The Balaban J connectivity index is 1.22. The normalized spacial score (nSPS) is 18.0. The van der Waals surface area contributed by atoms with Gasteiger partial charge < -0.3 is 20.7 Å². The lowest BCUT2D eigenvalue weighted by Crippen LogP contribution is -2.54. The van der Waals surface area contributed by atoms with Gasteiger partial charge in [0.2, 0.25) is 5.91 Å². The summed E-state index contributed by atoms with van der Waals surface area (Å²) in [6, 6.07) is 13.2. The number of methoxy groups -OCH3 is 1. The molecular weight excluding hydrogens is 572 g/mol. The number of benzene rings is 1. The molecule has 1 aromatic carbocycles. The van der Waals surface area contributed by atoms with E-state index in [9.17, 15) is 9.59 Å². The molecule has 43 heavy (non-hydrogen) atoms. The molecule has 13 nitrogen and oxygen atoms in total. The molecule has 3 aromatic heterocycles. The maximum atomic E-state index is 12.6. The van der Waals surface area contributed by atoms with Crippen molar-refractivity contribution in [3.05, 3.63) is 65.2 Å². The number of pyridine rings is 1.